The zero-order chi connectivity index (χ0) is 25.6. The number of phenols is 2. The number of phenolic OH excluding ortho intramolecular Hbond substituents is 2. The Morgan fingerprint density at radius 3 is 1.29 bits per heavy atom. The van der Waals surface area contributed by atoms with Gasteiger partial charge in [-0.25, -0.2) is 0 Å². The van der Waals surface area contributed by atoms with Crippen LogP contribution in [-0.4, -0.2) is 14.5 Å². The summed E-state index contributed by atoms with van der Waals surface area (Å²) in [4.78, 5) is 0. The van der Waals surface area contributed by atoms with E-state index in [-0.39, 0.29) is 35.6 Å². The monoisotopic (exact) mass is 556 g/mol. The fraction of sp³-hybridized carbons (Fsp3) is 0.414. The van der Waals surface area contributed by atoms with Crippen molar-refractivity contribution in [3.05, 3.63) is 81.8 Å². The van der Waals surface area contributed by atoms with Gasteiger partial charge in [0.15, 0.2) is 0 Å². The number of halogens is 2. The number of benzene rings is 2. The molecule has 2 aromatic carbocycles. The molecule has 0 bridgehead atoms. The summed E-state index contributed by atoms with van der Waals surface area (Å²) in [6, 6.07) is 11.6. The Balaban J connectivity index is 0. The second-order valence-corrected chi connectivity index (χ2v) is 11.0. The van der Waals surface area contributed by atoms with Gasteiger partial charge in [0.1, 0.15) is 11.5 Å². The molecule has 0 aliphatic rings. The molecule has 0 fully saturated rings. The molecule has 0 amide bonds. The van der Waals surface area contributed by atoms with Crippen LogP contribution in [0.15, 0.2) is 47.1 Å². The van der Waals surface area contributed by atoms with Crippen molar-refractivity contribution < 1.29 is 34.6 Å². The molecule has 0 saturated carbocycles. The number of furan rings is 1. The molecule has 0 spiro atoms. The summed E-state index contributed by atoms with van der Waals surface area (Å²) >= 11 is 1.94. The molecule has 2 N–H and O–H groups in total. The molecular weight excluding hydrogens is 515 g/mol. The molecule has 1 heterocycles. The molecule has 6 heteroatoms. The van der Waals surface area contributed by atoms with E-state index in [1.54, 1.807) is 6.26 Å². The molecule has 1 aromatic heterocycles. The van der Waals surface area contributed by atoms with E-state index in [4.69, 9.17) is 4.42 Å². The first-order valence-corrected chi connectivity index (χ1v) is 12.1. The minimum atomic E-state index is 0. The van der Waals surface area contributed by atoms with Crippen LogP contribution in [-0.2, 0) is 30.8 Å². The average molecular weight is 557 g/mol. The predicted octanol–water partition coefficient (Wildman–Crippen LogP) is 8.43. The van der Waals surface area contributed by atoms with Gasteiger partial charge in [0, 0.05) is 0 Å². The number of aryl methyl sites for hydroxylation is 4. The molecule has 0 saturated heterocycles. The van der Waals surface area contributed by atoms with Gasteiger partial charge in [-0.2, -0.15) is 0 Å². The zero-order valence-corrected chi connectivity index (χ0v) is 25.9. The standard InChI is InChI=1S/2C12H18O.C5H4O.2ClH.Ti/c2*1-8-6-9(2)11(13)7-10(8)12(3,4)5;1-5-3-2-4-6-5;;;/h2*6-7,13H,1-5H3;1-4H;2*1H;. The second kappa shape index (κ2) is 14.9. The van der Waals surface area contributed by atoms with E-state index in [1.807, 2.05) is 74.5 Å². The van der Waals surface area contributed by atoms with E-state index in [1.165, 1.54) is 22.3 Å². The van der Waals surface area contributed by atoms with E-state index in [2.05, 4.69) is 55.4 Å². The molecule has 0 radical (unpaired) electrons. The SMILES string of the molecule is Cc1cc(C)c(C(C)(C)C)cc1O.Cc1cc(C)c(C(C)(C)C)cc1O.Cl.Cl.[Ti]=[CH]c1ccco1. The van der Waals surface area contributed by atoms with Crippen molar-refractivity contribution in [2.45, 2.75) is 80.1 Å². The summed E-state index contributed by atoms with van der Waals surface area (Å²) in [6.07, 6.45) is 1.66. The van der Waals surface area contributed by atoms with Crippen LogP contribution in [0.4, 0.5) is 0 Å². The molecule has 0 aliphatic carbocycles. The summed E-state index contributed by atoms with van der Waals surface area (Å²) in [5.74, 6) is 1.73. The summed E-state index contributed by atoms with van der Waals surface area (Å²) in [6.45, 7) is 21.0. The van der Waals surface area contributed by atoms with E-state index >= 15 is 0 Å². The maximum atomic E-state index is 9.59. The molecule has 3 nitrogen and oxygen atoms in total. The van der Waals surface area contributed by atoms with Gasteiger partial charge in [-0.15, -0.1) is 24.8 Å². The Hall–Kier alpha value is -1.52. The molecule has 0 unspecified atom stereocenters. The third kappa shape index (κ3) is 11.4. The van der Waals surface area contributed by atoms with Crippen LogP contribution >= 0.6 is 24.8 Å². The minimum absolute atomic E-state index is 0. The van der Waals surface area contributed by atoms with E-state index < -0.39 is 0 Å². The fourth-order valence-electron chi connectivity index (χ4n) is 3.67. The molecule has 3 rings (SSSR count). The van der Waals surface area contributed by atoms with Crippen molar-refractivity contribution >= 4 is 29.1 Å². The summed E-state index contributed by atoms with van der Waals surface area (Å²) < 4.78 is 6.84. The quantitative estimate of drug-likeness (QED) is 0.295. The van der Waals surface area contributed by atoms with Gasteiger partial charge in [-0.1, -0.05) is 53.7 Å². The Morgan fingerprint density at radius 2 is 1.06 bits per heavy atom. The van der Waals surface area contributed by atoms with Crippen molar-refractivity contribution in [1.29, 1.82) is 0 Å². The Kier molecular flexibility index (Phi) is 15.2. The van der Waals surface area contributed by atoms with E-state index in [9.17, 15) is 10.2 Å². The molecule has 0 aliphatic heterocycles. The van der Waals surface area contributed by atoms with Crippen LogP contribution in [0.25, 0.3) is 0 Å². The average Bonchev–Trinajstić information content (AvgIpc) is 3.21. The first kappa shape index (κ1) is 35.6. The van der Waals surface area contributed by atoms with Crippen molar-refractivity contribution in [2.24, 2.45) is 0 Å². The summed E-state index contributed by atoms with van der Waals surface area (Å²) in [5.41, 5.74) is 7.05. The van der Waals surface area contributed by atoms with Crippen LogP contribution in [0.2, 0.25) is 0 Å². The molecule has 3 aromatic rings. The van der Waals surface area contributed by atoms with Crippen molar-refractivity contribution in [2.75, 3.05) is 0 Å². The van der Waals surface area contributed by atoms with Crippen LogP contribution in [0.3, 0.4) is 0 Å². The number of hydrogen-bond acceptors (Lipinski definition) is 3. The molecule has 35 heavy (non-hydrogen) atoms. The molecular formula is C29H42Cl2O3Ti. The number of hydrogen-bond donors (Lipinski definition) is 2. The zero-order valence-electron chi connectivity index (χ0n) is 22.7. The Labute approximate surface area is 236 Å². The normalized spacial score (nSPS) is 10.4. The summed E-state index contributed by atoms with van der Waals surface area (Å²) in [5, 5.41) is 19.2. The van der Waals surface area contributed by atoms with Gasteiger partial charge in [0.05, 0.1) is 0 Å². The topological polar surface area (TPSA) is 53.6 Å². The van der Waals surface area contributed by atoms with Gasteiger partial charge in [0.25, 0.3) is 0 Å². The van der Waals surface area contributed by atoms with Gasteiger partial charge < -0.3 is 10.2 Å². The first-order chi connectivity index (χ1) is 15.1. The van der Waals surface area contributed by atoms with Crippen molar-refractivity contribution in [3.63, 3.8) is 0 Å². The van der Waals surface area contributed by atoms with Gasteiger partial charge in [-0.05, 0) is 84.0 Å². The van der Waals surface area contributed by atoms with Crippen LogP contribution in [0.1, 0.15) is 80.7 Å². The predicted molar refractivity (Wildman–Crippen MR) is 151 cm³/mol. The van der Waals surface area contributed by atoms with Crippen molar-refractivity contribution in [1.82, 2.24) is 0 Å². The van der Waals surface area contributed by atoms with Gasteiger partial charge in [-0.3, -0.25) is 0 Å². The van der Waals surface area contributed by atoms with Crippen molar-refractivity contribution in [3.8, 4) is 11.5 Å². The van der Waals surface area contributed by atoms with Crippen LogP contribution in [0.5, 0.6) is 11.5 Å². The second-order valence-electron chi connectivity index (χ2n) is 10.6. The van der Waals surface area contributed by atoms with Crippen LogP contribution < -0.4 is 0 Å². The first-order valence-electron chi connectivity index (χ1n) is 11.2. The van der Waals surface area contributed by atoms with Crippen LogP contribution in [0, 0.1) is 27.7 Å². The number of rotatable bonds is 1. The number of aromatic hydroxyl groups is 2. The third-order valence-corrected chi connectivity index (χ3v) is 5.83. The maximum absolute atomic E-state index is 9.59. The van der Waals surface area contributed by atoms with Gasteiger partial charge in [0.2, 0.25) is 0 Å². The Bertz CT molecular complexity index is 994. The fourth-order valence-corrected chi connectivity index (χ4v) is 3.93. The third-order valence-electron chi connectivity index (χ3n) is 5.39. The Morgan fingerprint density at radius 1 is 0.686 bits per heavy atom. The molecule has 0 atom stereocenters. The van der Waals surface area contributed by atoms with Gasteiger partial charge >= 0.3 is 52.9 Å². The summed E-state index contributed by atoms with van der Waals surface area (Å²) in [7, 11) is 0. The van der Waals surface area contributed by atoms with E-state index in [0.29, 0.717) is 11.5 Å². The van der Waals surface area contributed by atoms with E-state index in [0.717, 1.165) is 16.9 Å². The molecule has 194 valence electrons.